The van der Waals surface area contributed by atoms with Crippen LogP contribution in [0.15, 0.2) is 21.5 Å². The van der Waals surface area contributed by atoms with Crippen molar-refractivity contribution in [2.75, 3.05) is 20.3 Å². The largest absolute Gasteiger partial charge is 0.383 e. The summed E-state index contributed by atoms with van der Waals surface area (Å²) in [5, 5.41) is 8.17. The molecule has 9 heteroatoms. The van der Waals surface area contributed by atoms with E-state index in [1.165, 1.54) is 16.8 Å². The maximum absolute atomic E-state index is 12.9. The molecule has 1 aliphatic rings. The van der Waals surface area contributed by atoms with Crippen molar-refractivity contribution in [3.05, 3.63) is 39.9 Å². The van der Waals surface area contributed by atoms with Gasteiger partial charge in [0.2, 0.25) is 5.89 Å². The van der Waals surface area contributed by atoms with Crippen molar-refractivity contribution < 1.29 is 14.1 Å². The van der Waals surface area contributed by atoms with E-state index >= 15 is 0 Å². The highest BCUT2D eigenvalue weighted by Gasteiger charge is 2.34. The molecule has 1 atom stereocenters. The summed E-state index contributed by atoms with van der Waals surface area (Å²) in [4.78, 5) is 30.7. The van der Waals surface area contributed by atoms with Gasteiger partial charge in [-0.05, 0) is 18.9 Å². The van der Waals surface area contributed by atoms with Crippen molar-refractivity contribution in [1.29, 1.82) is 0 Å². The molecule has 0 saturated carbocycles. The van der Waals surface area contributed by atoms with Gasteiger partial charge in [0.1, 0.15) is 5.69 Å². The Bertz CT molecular complexity index is 800. The summed E-state index contributed by atoms with van der Waals surface area (Å²) in [6, 6.07) is 2.58. The molecule has 25 heavy (non-hydrogen) atoms. The Morgan fingerprint density at radius 3 is 3.00 bits per heavy atom. The van der Waals surface area contributed by atoms with Crippen LogP contribution in [-0.4, -0.2) is 51.0 Å². The summed E-state index contributed by atoms with van der Waals surface area (Å²) in [6.45, 7) is 3.17. The monoisotopic (exact) mass is 347 g/mol. The zero-order valence-electron chi connectivity index (χ0n) is 14.3. The maximum Gasteiger partial charge on any atom is 0.274 e. The van der Waals surface area contributed by atoms with Crippen molar-refractivity contribution in [3.8, 4) is 0 Å². The van der Waals surface area contributed by atoms with Crippen molar-refractivity contribution in [1.82, 2.24) is 24.8 Å². The molecule has 1 saturated heterocycles. The number of carbonyl (C=O) groups excluding carboxylic acids is 1. The number of aromatic nitrogens is 4. The van der Waals surface area contributed by atoms with Crippen molar-refractivity contribution in [2.24, 2.45) is 0 Å². The summed E-state index contributed by atoms with van der Waals surface area (Å²) in [5.41, 5.74) is -0.0425. The van der Waals surface area contributed by atoms with Crippen LogP contribution < -0.4 is 5.56 Å². The normalized spacial score (nSPS) is 17.2. The van der Waals surface area contributed by atoms with Crippen LogP contribution in [0.1, 0.15) is 48.0 Å². The van der Waals surface area contributed by atoms with E-state index in [0.29, 0.717) is 37.8 Å². The second-order valence-corrected chi connectivity index (χ2v) is 5.83. The number of rotatable bonds is 6. The Kier molecular flexibility index (Phi) is 5.22. The van der Waals surface area contributed by atoms with Gasteiger partial charge in [-0.25, -0.2) is 4.68 Å². The first-order valence-corrected chi connectivity index (χ1v) is 8.34. The summed E-state index contributed by atoms with van der Waals surface area (Å²) < 4.78 is 11.4. The molecule has 2 aromatic heterocycles. The Labute approximate surface area is 144 Å². The van der Waals surface area contributed by atoms with Crippen LogP contribution in [0.4, 0.5) is 0 Å². The second-order valence-electron chi connectivity index (χ2n) is 5.83. The van der Waals surface area contributed by atoms with E-state index in [4.69, 9.17) is 9.26 Å². The van der Waals surface area contributed by atoms with Crippen LogP contribution >= 0.6 is 0 Å². The molecule has 0 unspecified atom stereocenters. The summed E-state index contributed by atoms with van der Waals surface area (Å²) >= 11 is 0. The maximum atomic E-state index is 12.9. The average Bonchev–Trinajstić information content (AvgIpc) is 3.29. The first-order chi connectivity index (χ1) is 12.1. The SMILES string of the molecule is CCc1nc([C@H]2CCCN2C(=O)c2ccc(=O)n(CCOC)n2)no1. The van der Waals surface area contributed by atoms with Crippen LogP contribution in [0.5, 0.6) is 0 Å². The Morgan fingerprint density at radius 2 is 2.28 bits per heavy atom. The molecule has 3 heterocycles. The fourth-order valence-corrected chi connectivity index (χ4v) is 2.87. The topological polar surface area (TPSA) is 103 Å². The lowest BCUT2D eigenvalue weighted by atomic mass is 10.2. The van der Waals surface area contributed by atoms with Gasteiger partial charge >= 0.3 is 0 Å². The van der Waals surface area contributed by atoms with Gasteiger partial charge in [0.15, 0.2) is 5.82 Å². The van der Waals surface area contributed by atoms with Gasteiger partial charge < -0.3 is 14.2 Å². The molecule has 0 aromatic carbocycles. The molecule has 0 bridgehead atoms. The van der Waals surface area contributed by atoms with Crippen LogP contribution in [0, 0.1) is 0 Å². The van der Waals surface area contributed by atoms with Gasteiger partial charge in [-0.2, -0.15) is 10.1 Å². The number of hydrogen-bond donors (Lipinski definition) is 0. The number of likely N-dealkylation sites (tertiary alicyclic amines) is 1. The zero-order valence-corrected chi connectivity index (χ0v) is 14.3. The summed E-state index contributed by atoms with van der Waals surface area (Å²) in [7, 11) is 1.55. The number of aryl methyl sites for hydroxylation is 1. The first-order valence-electron chi connectivity index (χ1n) is 8.34. The second kappa shape index (κ2) is 7.56. The van der Waals surface area contributed by atoms with Gasteiger partial charge in [-0.1, -0.05) is 12.1 Å². The Morgan fingerprint density at radius 1 is 1.44 bits per heavy atom. The molecule has 0 radical (unpaired) electrons. The van der Waals surface area contributed by atoms with E-state index in [1.54, 1.807) is 12.0 Å². The summed E-state index contributed by atoms with van der Waals surface area (Å²) in [5.74, 6) is 0.840. The van der Waals surface area contributed by atoms with Gasteiger partial charge in [0.05, 0.1) is 19.2 Å². The molecule has 0 N–H and O–H groups in total. The molecule has 134 valence electrons. The minimum Gasteiger partial charge on any atom is -0.383 e. The molecule has 0 spiro atoms. The molecule has 0 aliphatic carbocycles. The number of ether oxygens (including phenoxy) is 1. The standard InChI is InChI=1S/C16H21N5O4/c1-3-13-17-15(19-25-13)12-5-4-8-20(12)16(23)11-6-7-14(22)21(18-11)9-10-24-2/h6-7,12H,3-5,8-10H2,1-2H3/t12-/m1/s1. The Balaban J connectivity index is 1.82. The van der Waals surface area contributed by atoms with Crippen LogP contribution in [-0.2, 0) is 17.7 Å². The van der Waals surface area contributed by atoms with Crippen LogP contribution in [0.2, 0.25) is 0 Å². The van der Waals surface area contributed by atoms with Gasteiger partial charge in [-0.3, -0.25) is 9.59 Å². The molecular weight excluding hydrogens is 326 g/mol. The number of nitrogens with zero attached hydrogens (tertiary/aromatic N) is 5. The van der Waals surface area contributed by atoms with Crippen LogP contribution in [0.25, 0.3) is 0 Å². The smallest absolute Gasteiger partial charge is 0.274 e. The van der Waals surface area contributed by atoms with Crippen molar-refractivity contribution in [3.63, 3.8) is 0 Å². The quantitative estimate of drug-likeness (QED) is 0.762. The minimum absolute atomic E-state index is 0.224. The third kappa shape index (κ3) is 3.60. The van der Waals surface area contributed by atoms with Gasteiger partial charge in [-0.15, -0.1) is 0 Å². The van der Waals surface area contributed by atoms with E-state index < -0.39 is 0 Å². The average molecular weight is 347 g/mol. The molecule has 1 fully saturated rings. The van der Waals surface area contributed by atoms with Gasteiger partial charge in [0.25, 0.3) is 11.5 Å². The van der Waals surface area contributed by atoms with E-state index in [0.717, 1.165) is 12.8 Å². The molecule has 9 nitrogen and oxygen atoms in total. The lowest BCUT2D eigenvalue weighted by Gasteiger charge is -2.21. The number of hydrogen-bond acceptors (Lipinski definition) is 7. The van der Waals surface area contributed by atoms with Crippen molar-refractivity contribution in [2.45, 2.75) is 38.8 Å². The van der Waals surface area contributed by atoms with E-state index in [-0.39, 0.29) is 23.2 Å². The number of methoxy groups -OCH3 is 1. The van der Waals surface area contributed by atoms with Crippen molar-refractivity contribution >= 4 is 5.91 Å². The van der Waals surface area contributed by atoms with Gasteiger partial charge in [0, 0.05) is 26.1 Å². The lowest BCUT2D eigenvalue weighted by Crippen LogP contribution is -2.34. The predicted octanol–water partition coefficient (Wildman–Crippen LogP) is 0.812. The molecule has 3 rings (SSSR count). The van der Waals surface area contributed by atoms with E-state index in [1.807, 2.05) is 6.92 Å². The summed E-state index contributed by atoms with van der Waals surface area (Å²) in [6.07, 6.45) is 2.28. The first kappa shape index (κ1) is 17.3. The fraction of sp³-hybridized carbons (Fsp3) is 0.562. The highest BCUT2D eigenvalue weighted by molar-refractivity contribution is 5.92. The minimum atomic E-state index is -0.266. The molecule has 1 aliphatic heterocycles. The third-order valence-electron chi connectivity index (χ3n) is 4.19. The predicted molar refractivity (Wildman–Crippen MR) is 87.1 cm³/mol. The fourth-order valence-electron chi connectivity index (χ4n) is 2.87. The third-order valence-corrected chi connectivity index (χ3v) is 4.19. The van der Waals surface area contributed by atoms with E-state index in [9.17, 15) is 9.59 Å². The lowest BCUT2D eigenvalue weighted by molar-refractivity contribution is 0.0718. The highest BCUT2D eigenvalue weighted by atomic mass is 16.5. The Hall–Kier alpha value is -2.55. The van der Waals surface area contributed by atoms with Crippen LogP contribution in [0.3, 0.4) is 0 Å². The highest BCUT2D eigenvalue weighted by Crippen LogP contribution is 2.31. The molecule has 2 aromatic rings. The molecular formula is C16H21N5O4. The number of carbonyl (C=O) groups is 1. The number of amides is 1. The van der Waals surface area contributed by atoms with E-state index in [2.05, 4.69) is 15.2 Å². The zero-order chi connectivity index (χ0) is 17.8. The molecule has 1 amide bonds.